The van der Waals surface area contributed by atoms with Crippen molar-refractivity contribution in [3.05, 3.63) is 0 Å². The fourth-order valence-corrected chi connectivity index (χ4v) is 9.70. The zero-order valence-corrected chi connectivity index (χ0v) is 21.5. The van der Waals surface area contributed by atoms with Gasteiger partial charge >= 0.3 is 0 Å². The maximum atomic E-state index is 11.6. The van der Waals surface area contributed by atoms with Crippen LogP contribution >= 0.6 is 0 Å². The minimum atomic E-state index is 0.162. The van der Waals surface area contributed by atoms with E-state index in [1.54, 1.807) is 6.92 Å². The van der Waals surface area contributed by atoms with Crippen LogP contribution < -0.4 is 5.32 Å². The van der Waals surface area contributed by atoms with Crippen LogP contribution in [-0.2, 0) is 4.79 Å². The minimum Gasteiger partial charge on any atom is -0.354 e. The summed E-state index contributed by atoms with van der Waals surface area (Å²) in [6.45, 7) is 14.4. The van der Waals surface area contributed by atoms with Crippen LogP contribution in [0.2, 0.25) is 0 Å². The van der Waals surface area contributed by atoms with Gasteiger partial charge in [0.15, 0.2) is 0 Å². The number of amides is 1. The van der Waals surface area contributed by atoms with Crippen LogP contribution in [0, 0.1) is 52.3 Å². The molecule has 4 aliphatic rings. The molecule has 0 aliphatic heterocycles. The van der Waals surface area contributed by atoms with E-state index >= 15 is 0 Å². The third-order valence-electron chi connectivity index (χ3n) is 11.3. The van der Waals surface area contributed by atoms with Gasteiger partial charge in [0.1, 0.15) is 0 Å². The lowest BCUT2D eigenvalue weighted by Crippen LogP contribution is -2.55. The van der Waals surface area contributed by atoms with Gasteiger partial charge in [0.2, 0.25) is 5.91 Å². The second kappa shape index (κ2) is 9.02. The Labute approximate surface area is 193 Å². The standard InChI is InChI=1S/C29H51NO/c1-19(2)8-7-9-20(3)25-12-13-26-24-11-10-22-18-23(30-21(4)31)14-16-28(22,5)27(24)15-17-29(25,26)6/h19-20,22-27H,7-18H2,1-6H3,(H,30,31)/t20-,22+,23+,24+,25+,26-,27-,28+,29-/m1/s1. The van der Waals surface area contributed by atoms with Gasteiger partial charge in [-0.2, -0.15) is 0 Å². The monoisotopic (exact) mass is 429 g/mol. The minimum absolute atomic E-state index is 0.162. The third kappa shape index (κ3) is 4.35. The normalized spacial score (nSPS) is 45.5. The molecule has 0 spiro atoms. The van der Waals surface area contributed by atoms with Gasteiger partial charge in [-0.05, 0) is 110 Å². The van der Waals surface area contributed by atoms with E-state index in [0.717, 1.165) is 41.4 Å². The molecule has 2 nitrogen and oxygen atoms in total. The van der Waals surface area contributed by atoms with Crippen LogP contribution in [0.5, 0.6) is 0 Å². The molecular formula is C29H51NO. The highest BCUT2D eigenvalue weighted by Gasteiger charge is 2.60. The van der Waals surface area contributed by atoms with Crippen LogP contribution in [0.15, 0.2) is 0 Å². The fourth-order valence-electron chi connectivity index (χ4n) is 9.70. The van der Waals surface area contributed by atoms with E-state index in [4.69, 9.17) is 0 Å². The summed E-state index contributed by atoms with van der Waals surface area (Å²) in [7, 11) is 0. The van der Waals surface area contributed by atoms with Crippen LogP contribution in [0.1, 0.15) is 119 Å². The molecule has 2 heteroatoms. The Bertz CT molecular complexity index is 643. The van der Waals surface area contributed by atoms with Crippen molar-refractivity contribution < 1.29 is 4.79 Å². The summed E-state index contributed by atoms with van der Waals surface area (Å²) < 4.78 is 0. The Kier molecular flexibility index (Phi) is 6.87. The number of rotatable bonds is 6. The summed E-state index contributed by atoms with van der Waals surface area (Å²) in [4.78, 5) is 11.6. The van der Waals surface area contributed by atoms with Crippen molar-refractivity contribution in [2.24, 2.45) is 52.3 Å². The van der Waals surface area contributed by atoms with E-state index < -0.39 is 0 Å². The van der Waals surface area contributed by atoms with Crippen LogP contribution in [0.25, 0.3) is 0 Å². The van der Waals surface area contributed by atoms with E-state index in [9.17, 15) is 4.79 Å². The molecule has 0 radical (unpaired) electrons. The summed E-state index contributed by atoms with van der Waals surface area (Å²) in [6.07, 6.45) is 16.9. The molecule has 1 amide bonds. The first-order valence-electron chi connectivity index (χ1n) is 13.9. The van der Waals surface area contributed by atoms with Crippen molar-refractivity contribution in [3.63, 3.8) is 0 Å². The third-order valence-corrected chi connectivity index (χ3v) is 11.3. The lowest BCUT2D eigenvalue weighted by molar-refractivity contribution is -0.126. The molecule has 4 aliphatic carbocycles. The Morgan fingerprint density at radius 1 is 0.903 bits per heavy atom. The summed E-state index contributed by atoms with van der Waals surface area (Å²) in [5, 5.41) is 3.25. The maximum absolute atomic E-state index is 11.6. The van der Waals surface area contributed by atoms with E-state index in [1.807, 2.05) is 0 Å². The van der Waals surface area contributed by atoms with Crippen molar-refractivity contribution in [1.82, 2.24) is 5.32 Å². The molecule has 4 rings (SSSR count). The smallest absolute Gasteiger partial charge is 0.217 e. The van der Waals surface area contributed by atoms with E-state index in [1.165, 1.54) is 77.0 Å². The summed E-state index contributed by atoms with van der Waals surface area (Å²) in [6, 6.07) is 0.434. The predicted octanol–water partition coefficient (Wildman–Crippen LogP) is 7.61. The highest BCUT2D eigenvalue weighted by Crippen LogP contribution is 2.68. The molecule has 0 bridgehead atoms. The molecular weight excluding hydrogens is 378 g/mol. The van der Waals surface area contributed by atoms with Crippen LogP contribution in [0.3, 0.4) is 0 Å². The molecule has 1 N–H and O–H groups in total. The highest BCUT2D eigenvalue weighted by molar-refractivity contribution is 5.73. The molecule has 0 aromatic heterocycles. The molecule has 0 unspecified atom stereocenters. The molecule has 178 valence electrons. The first kappa shape index (κ1) is 23.6. The van der Waals surface area contributed by atoms with Gasteiger partial charge in [0.05, 0.1) is 0 Å². The first-order valence-corrected chi connectivity index (χ1v) is 13.9. The van der Waals surface area contributed by atoms with Gasteiger partial charge in [0.25, 0.3) is 0 Å². The zero-order valence-electron chi connectivity index (χ0n) is 21.5. The molecule has 0 aromatic rings. The Morgan fingerprint density at radius 2 is 1.61 bits per heavy atom. The fraction of sp³-hybridized carbons (Fsp3) is 0.966. The number of nitrogens with one attached hydrogen (secondary N) is 1. The van der Waals surface area contributed by atoms with E-state index in [-0.39, 0.29) is 5.91 Å². The van der Waals surface area contributed by atoms with Crippen molar-refractivity contribution in [3.8, 4) is 0 Å². The number of fused-ring (bicyclic) bond motifs is 5. The number of hydrogen-bond donors (Lipinski definition) is 1. The lowest BCUT2D eigenvalue weighted by atomic mass is 9.44. The van der Waals surface area contributed by atoms with Crippen molar-refractivity contribution in [1.29, 1.82) is 0 Å². The van der Waals surface area contributed by atoms with Crippen LogP contribution in [0.4, 0.5) is 0 Å². The molecule has 4 fully saturated rings. The van der Waals surface area contributed by atoms with Gasteiger partial charge in [-0.25, -0.2) is 0 Å². The first-order chi connectivity index (χ1) is 14.6. The summed E-state index contributed by atoms with van der Waals surface area (Å²) >= 11 is 0. The quantitative estimate of drug-likeness (QED) is 0.462. The van der Waals surface area contributed by atoms with Gasteiger partial charge in [0, 0.05) is 13.0 Å². The summed E-state index contributed by atoms with van der Waals surface area (Å²) in [5.41, 5.74) is 1.13. The topological polar surface area (TPSA) is 29.1 Å². The molecule has 9 atom stereocenters. The molecule has 0 saturated heterocycles. The molecule has 0 heterocycles. The molecule has 0 aromatic carbocycles. The van der Waals surface area contributed by atoms with Gasteiger partial charge in [-0.1, -0.05) is 53.9 Å². The Balaban J connectivity index is 1.43. The van der Waals surface area contributed by atoms with Crippen molar-refractivity contribution in [2.45, 2.75) is 125 Å². The second-order valence-corrected chi connectivity index (χ2v) is 13.4. The highest BCUT2D eigenvalue weighted by atomic mass is 16.1. The van der Waals surface area contributed by atoms with Gasteiger partial charge in [-0.15, -0.1) is 0 Å². The maximum Gasteiger partial charge on any atom is 0.217 e. The van der Waals surface area contributed by atoms with Crippen molar-refractivity contribution in [2.75, 3.05) is 0 Å². The molecule has 31 heavy (non-hydrogen) atoms. The SMILES string of the molecule is CC(=O)N[C@H]1CC[C@@]2(C)[C@@H](CC[C@@H]3[C@H]2CC[C@@]2(C)[C@@H]3CC[C@H]2[C@H](C)CCCC(C)C)C1. The van der Waals surface area contributed by atoms with Crippen molar-refractivity contribution >= 4 is 5.91 Å². The average molecular weight is 430 g/mol. The number of carbonyl (C=O) groups excluding carboxylic acids is 1. The lowest BCUT2D eigenvalue weighted by Gasteiger charge is -2.61. The van der Waals surface area contributed by atoms with E-state index in [0.29, 0.717) is 16.9 Å². The van der Waals surface area contributed by atoms with E-state index in [2.05, 4.69) is 39.9 Å². The van der Waals surface area contributed by atoms with Gasteiger partial charge < -0.3 is 5.32 Å². The van der Waals surface area contributed by atoms with Gasteiger partial charge in [-0.3, -0.25) is 4.79 Å². The average Bonchev–Trinajstić information content (AvgIpc) is 3.05. The Hall–Kier alpha value is -0.530. The predicted molar refractivity (Wildman–Crippen MR) is 131 cm³/mol. The Morgan fingerprint density at radius 3 is 2.32 bits per heavy atom. The zero-order chi connectivity index (χ0) is 22.4. The number of carbonyl (C=O) groups is 1. The second-order valence-electron chi connectivity index (χ2n) is 13.4. The van der Waals surface area contributed by atoms with Crippen LogP contribution in [-0.4, -0.2) is 11.9 Å². The largest absolute Gasteiger partial charge is 0.354 e. The summed E-state index contributed by atoms with van der Waals surface area (Å²) in [5.74, 6) is 6.62. The molecule has 4 saturated carbocycles. The number of hydrogen-bond acceptors (Lipinski definition) is 1.